The number of fused-ring (bicyclic) bond motifs is 8. The van der Waals surface area contributed by atoms with Gasteiger partial charge in [0.05, 0.1) is 14.1 Å². The van der Waals surface area contributed by atoms with E-state index >= 15 is 0 Å². The fraction of sp³-hybridized carbons (Fsp3) is 0.400. The first-order chi connectivity index (χ1) is 14.1. The van der Waals surface area contributed by atoms with Crippen LogP contribution in [-0.4, -0.2) is 32.2 Å². The van der Waals surface area contributed by atoms with E-state index in [0.717, 1.165) is 40.3 Å². The summed E-state index contributed by atoms with van der Waals surface area (Å²) in [7, 11) is -0.257. The predicted molar refractivity (Wildman–Crippen MR) is 90.1 cm³/mol. The van der Waals surface area contributed by atoms with Gasteiger partial charge in [-0.3, -0.25) is 0 Å². The number of quaternary nitrogens is 1. The molecule has 4 aliphatic rings. The molecule has 10 heteroatoms. The van der Waals surface area contributed by atoms with E-state index in [2.05, 4.69) is 38.4 Å². The molecule has 9 nitrogen and oxygen atoms in total. The van der Waals surface area contributed by atoms with Gasteiger partial charge in [0.15, 0.2) is 23.0 Å². The van der Waals surface area contributed by atoms with Crippen LogP contribution in [0.4, 0.5) is 0 Å². The van der Waals surface area contributed by atoms with E-state index in [1.54, 1.807) is 0 Å². The van der Waals surface area contributed by atoms with Gasteiger partial charge in [-0.15, -0.1) is 10.2 Å². The quantitative estimate of drug-likeness (QED) is 0.449. The molecule has 2 atom stereocenters. The van der Waals surface area contributed by atoms with Crippen LogP contribution in [0.3, 0.4) is 0 Å². The molecule has 0 aliphatic carbocycles. The minimum absolute atomic E-state index is 0.326. The van der Waals surface area contributed by atoms with Crippen molar-refractivity contribution in [2.45, 2.75) is 24.9 Å². The maximum Gasteiger partial charge on any atom is 0.231 e. The molecule has 2 aromatic carbocycles. The van der Waals surface area contributed by atoms with E-state index in [0.29, 0.717) is 25.7 Å². The second-order valence-corrected chi connectivity index (χ2v) is 9.01. The van der Waals surface area contributed by atoms with Crippen LogP contribution < -0.4 is 37.6 Å². The SMILES string of the molecule is C[N+]1(C)C2Cc3cc4c(cc3C1Cc1cc3c(cc12)OCO3)OCO4.[O-][Cl+3]([O-])([O-])[O-]. The van der Waals surface area contributed by atoms with Crippen LogP contribution in [0.2, 0.25) is 0 Å². The van der Waals surface area contributed by atoms with Crippen LogP contribution in [-0.2, 0) is 12.8 Å². The van der Waals surface area contributed by atoms with Crippen molar-refractivity contribution in [3.63, 3.8) is 0 Å². The van der Waals surface area contributed by atoms with Crippen LogP contribution in [0.5, 0.6) is 23.0 Å². The monoisotopic (exact) mass is 437 g/mol. The van der Waals surface area contributed by atoms with Gasteiger partial charge in [-0.05, 0) is 35.4 Å². The smallest absolute Gasteiger partial charge is 0.231 e. The largest absolute Gasteiger partial charge is 0.454 e. The Morgan fingerprint density at radius 3 is 1.40 bits per heavy atom. The third kappa shape index (κ3) is 3.24. The van der Waals surface area contributed by atoms with Crippen molar-refractivity contribution < 1.29 is 52.3 Å². The molecule has 0 saturated carbocycles. The molecule has 160 valence electrons. The number of benzene rings is 2. The van der Waals surface area contributed by atoms with Crippen molar-refractivity contribution in [1.29, 1.82) is 0 Å². The Morgan fingerprint density at radius 2 is 1.03 bits per heavy atom. The van der Waals surface area contributed by atoms with Crippen LogP contribution in [0.25, 0.3) is 0 Å². The minimum atomic E-state index is -4.94. The third-order valence-electron chi connectivity index (χ3n) is 6.42. The summed E-state index contributed by atoms with van der Waals surface area (Å²) in [4.78, 5) is 0. The lowest BCUT2D eigenvalue weighted by molar-refractivity contribution is -2.00. The van der Waals surface area contributed by atoms with Gasteiger partial charge in [-0.2, -0.15) is 0 Å². The highest BCUT2D eigenvalue weighted by molar-refractivity contribution is 5.55. The van der Waals surface area contributed by atoms with Gasteiger partial charge in [-0.1, -0.05) is 0 Å². The van der Waals surface area contributed by atoms with E-state index in [9.17, 15) is 0 Å². The van der Waals surface area contributed by atoms with E-state index < -0.39 is 10.2 Å². The maximum absolute atomic E-state index is 8.49. The van der Waals surface area contributed by atoms with E-state index in [-0.39, 0.29) is 0 Å². The van der Waals surface area contributed by atoms with Crippen molar-refractivity contribution in [1.82, 2.24) is 0 Å². The molecule has 0 fully saturated rings. The lowest BCUT2D eigenvalue weighted by atomic mass is 9.75. The summed E-state index contributed by atoms with van der Waals surface area (Å²) < 4.78 is 57.4. The second kappa shape index (κ2) is 6.61. The number of nitrogens with zero attached hydrogens (tertiary/aromatic N) is 1. The van der Waals surface area contributed by atoms with Crippen LogP contribution in [0, 0.1) is 10.2 Å². The van der Waals surface area contributed by atoms with E-state index in [1.807, 2.05) is 0 Å². The first-order valence-corrected chi connectivity index (χ1v) is 10.6. The van der Waals surface area contributed by atoms with Crippen LogP contribution in [0.1, 0.15) is 34.3 Å². The van der Waals surface area contributed by atoms with Crippen molar-refractivity contribution in [2.75, 3.05) is 27.7 Å². The molecule has 0 amide bonds. The lowest BCUT2D eigenvalue weighted by Gasteiger charge is -2.52. The van der Waals surface area contributed by atoms with Crippen molar-refractivity contribution >= 4 is 0 Å². The second-order valence-electron chi connectivity index (χ2n) is 8.26. The summed E-state index contributed by atoms with van der Waals surface area (Å²) >= 11 is 0. The highest BCUT2D eigenvalue weighted by atomic mass is 35.7. The zero-order valence-corrected chi connectivity index (χ0v) is 17.1. The van der Waals surface area contributed by atoms with Gasteiger partial charge < -0.3 is 23.4 Å². The Kier molecular flexibility index (Phi) is 4.34. The number of halogens is 1. The fourth-order valence-electron chi connectivity index (χ4n) is 5.01. The Labute approximate surface area is 174 Å². The summed E-state index contributed by atoms with van der Waals surface area (Å²) in [5.41, 5.74) is 5.57. The Balaban J connectivity index is 0.000000349. The summed E-state index contributed by atoms with van der Waals surface area (Å²) in [5, 5.41) is 0. The van der Waals surface area contributed by atoms with E-state index in [4.69, 9.17) is 37.6 Å². The zero-order valence-electron chi connectivity index (χ0n) is 16.4. The molecule has 4 heterocycles. The fourth-order valence-corrected chi connectivity index (χ4v) is 5.01. The third-order valence-corrected chi connectivity index (χ3v) is 6.42. The van der Waals surface area contributed by atoms with Crippen LogP contribution >= 0.6 is 0 Å². The zero-order chi connectivity index (χ0) is 21.3. The molecule has 0 saturated heterocycles. The van der Waals surface area contributed by atoms with Gasteiger partial charge in [0.1, 0.15) is 12.1 Å². The molecular weight excluding hydrogens is 418 g/mol. The van der Waals surface area contributed by atoms with Crippen molar-refractivity contribution in [3.05, 3.63) is 46.5 Å². The first-order valence-electron chi connectivity index (χ1n) is 9.41. The maximum atomic E-state index is 8.49. The average Bonchev–Trinajstić information content (AvgIpc) is 3.26. The number of rotatable bonds is 0. The minimum Gasteiger partial charge on any atom is -0.454 e. The van der Waals surface area contributed by atoms with E-state index in [1.165, 1.54) is 22.3 Å². The molecule has 2 aromatic rings. The standard InChI is InChI=1S/C20H20NO4.ClHO4/c1-21(2)15-3-11-5-17-19(24-9-22-17)7-13(11)16(21)4-12-6-18-20(8-14(12)15)25-10-23-18;2-1(3,4)5/h5-8,15-16H,3-4,9-10H2,1-2H3;(H,2,3,4,5)/q+1;/p-1. The molecule has 4 aliphatic heterocycles. The number of hydrogen-bond acceptors (Lipinski definition) is 8. The summed E-state index contributed by atoms with van der Waals surface area (Å²) in [5.74, 6) is 3.53. The lowest BCUT2D eigenvalue weighted by Crippen LogP contribution is -2.68. The molecule has 30 heavy (non-hydrogen) atoms. The van der Waals surface area contributed by atoms with Gasteiger partial charge in [0.25, 0.3) is 0 Å². The van der Waals surface area contributed by atoms with Crippen molar-refractivity contribution in [3.8, 4) is 23.0 Å². The summed E-state index contributed by atoms with van der Waals surface area (Å²) in [6.45, 7) is 0.651. The number of likely N-dealkylation sites (N-methyl/N-ethyl adjacent to an activating group) is 1. The molecule has 2 bridgehead atoms. The van der Waals surface area contributed by atoms with Crippen LogP contribution in [0.15, 0.2) is 24.3 Å². The molecule has 0 N–H and O–H groups in total. The van der Waals surface area contributed by atoms with Gasteiger partial charge in [0.2, 0.25) is 13.6 Å². The first kappa shape index (κ1) is 19.7. The predicted octanol–water partition coefficient (Wildman–Crippen LogP) is -1.64. The molecule has 0 spiro atoms. The molecule has 0 radical (unpaired) electrons. The molecule has 2 unspecified atom stereocenters. The van der Waals surface area contributed by atoms with Crippen molar-refractivity contribution in [2.24, 2.45) is 0 Å². The highest BCUT2D eigenvalue weighted by Gasteiger charge is 2.49. The Bertz CT molecular complexity index is 939. The summed E-state index contributed by atoms with van der Waals surface area (Å²) in [6, 6.07) is 9.61. The van der Waals surface area contributed by atoms with Gasteiger partial charge >= 0.3 is 0 Å². The molecule has 6 rings (SSSR count). The average molecular weight is 438 g/mol. The van der Waals surface area contributed by atoms with Gasteiger partial charge in [0, 0.05) is 24.0 Å². The molecular formula is C20H20ClNO8. The Hall–Kier alpha value is -2.27. The molecule has 0 aromatic heterocycles. The topological polar surface area (TPSA) is 129 Å². The summed E-state index contributed by atoms with van der Waals surface area (Å²) in [6.07, 6.45) is 2.00. The normalized spacial score (nSPS) is 23.8. The highest BCUT2D eigenvalue weighted by Crippen LogP contribution is 2.54. The van der Waals surface area contributed by atoms with Gasteiger partial charge in [-0.25, -0.2) is 18.6 Å². The number of hydrogen-bond donors (Lipinski definition) is 0. The number of ether oxygens (including phenoxy) is 4. The Morgan fingerprint density at radius 1 is 0.700 bits per heavy atom.